The summed E-state index contributed by atoms with van der Waals surface area (Å²) in [5.41, 5.74) is 0.600. The van der Waals surface area contributed by atoms with Crippen LogP contribution in [0.1, 0.15) is 44.6 Å². The minimum atomic E-state index is -0.700. The predicted molar refractivity (Wildman–Crippen MR) is 179 cm³/mol. The number of aliphatic hydroxyl groups is 1. The molecule has 49 heavy (non-hydrogen) atoms. The largest absolute Gasteiger partial charge is 0.508 e. The van der Waals surface area contributed by atoms with E-state index in [1.165, 1.54) is 18.6 Å². The summed E-state index contributed by atoms with van der Waals surface area (Å²) in [7, 11) is 0. The zero-order chi connectivity index (χ0) is 33.2. The zero-order valence-electron chi connectivity index (χ0n) is 27.5. The van der Waals surface area contributed by atoms with E-state index in [0.29, 0.717) is 65.6 Å². The molecule has 256 valence electrons. The Labute approximate surface area is 282 Å². The molecule has 0 radical (unpaired) electrons. The quantitative estimate of drug-likeness (QED) is 0.246. The summed E-state index contributed by atoms with van der Waals surface area (Å²) in [6.45, 7) is 5.33. The fraction of sp³-hybridized carbons (Fsp3) is 0.541. The number of aromatic nitrogens is 3. The highest BCUT2D eigenvalue weighted by Crippen LogP contribution is 2.54. The molecule has 6 atom stereocenters. The lowest BCUT2D eigenvalue weighted by Gasteiger charge is -2.40. The van der Waals surface area contributed by atoms with Gasteiger partial charge in [-0.15, -0.1) is 0 Å². The van der Waals surface area contributed by atoms with Crippen molar-refractivity contribution in [1.29, 1.82) is 0 Å². The summed E-state index contributed by atoms with van der Waals surface area (Å²) in [6, 6.07) is 6.71. The first kappa shape index (κ1) is 30.0. The van der Waals surface area contributed by atoms with E-state index in [9.17, 15) is 10.2 Å². The molecule has 4 aromatic rings. The molecule has 3 N–H and O–H groups in total. The average molecular weight is 671 g/mol. The van der Waals surface area contributed by atoms with Crippen molar-refractivity contribution in [3.63, 3.8) is 0 Å². The Morgan fingerprint density at radius 2 is 1.98 bits per heavy atom. The number of hydrogen-bond donors (Lipinski definition) is 3. The van der Waals surface area contributed by atoms with Crippen LogP contribution in [0.25, 0.3) is 32.9 Å². The number of hydrogen-bond acceptors (Lipinski definition) is 10. The molecule has 6 heterocycles. The molecule has 0 amide bonds. The SMILES string of the molecule is CCc1c(F)ccc2cc(O)cc(-c3nc4c5c(nc(OCC6(CN7C[C@H]8C[C@H]8[C@@H]7CO)CC6)nc5c3F)N3C[C@@H]5CC[C@@H](N5)[C@H]3CO4)c12. The monoisotopic (exact) mass is 670 g/mol. The second-order valence-corrected chi connectivity index (χ2v) is 15.3. The molecule has 6 aliphatic rings. The van der Waals surface area contributed by atoms with Crippen LogP contribution in [-0.2, 0) is 6.42 Å². The normalized spacial score (nSPS) is 29.1. The molecule has 2 saturated carbocycles. The maximum atomic E-state index is 17.2. The number of pyridine rings is 1. The van der Waals surface area contributed by atoms with Gasteiger partial charge in [0.15, 0.2) is 5.82 Å². The van der Waals surface area contributed by atoms with E-state index in [-0.39, 0.29) is 70.6 Å². The molecule has 2 aromatic carbocycles. The van der Waals surface area contributed by atoms with Gasteiger partial charge in [0.05, 0.1) is 19.3 Å². The van der Waals surface area contributed by atoms with Gasteiger partial charge in [0.2, 0.25) is 5.88 Å². The number of rotatable bonds is 8. The number of ether oxygens (including phenoxy) is 2. The van der Waals surface area contributed by atoms with Crippen LogP contribution in [-0.4, -0.2) is 93.7 Å². The summed E-state index contributed by atoms with van der Waals surface area (Å²) in [5.74, 6) is 0.902. The summed E-state index contributed by atoms with van der Waals surface area (Å²) in [4.78, 5) is 19.1. The lowest BCUT2D eigenvalue weighted by atomic mass is 9.94. The summed E-state index contributed by atoms with van der Waals surface area (Å²) >= 11 is 0. The van der Waals surface area contributed by atoms with Gasteiger partial charge in [-0.1, -0.05) is 13.0 Å². The van der Waals surface area contributed by atoms with E-state index in [2.05, 4.69) is 15.1 Å². The van der Waals surface area contributed by atoms with Crippen LogP contribution in [0.5, 0.6) is 17.6 Å². The number of nitrogens with zero attached hydrogens (tertiary/aromatic N) is 5. The van der Waals surface area contributed by atoms with Crippen LogP contribution >= 0.6 is 0 Å². The Hall–Kier alpha value is -3.87. The molecule has 4 aliphatic heterocycles. The van der Waals surface area contributed by atoms with E-state index < -0.39 is 11.6 Å². The molecule has 2 aliphatic carbocycles. The molecular weight excluding hydrogens is 630 g/mol. The lowest BCUT2D eigenvalue weighted by molar-refractivity contribution is 0.0966. The van der Waals surface area contributed by atoms with Crippen LogP contribution in [0.3, 0.4) is 0 Å². The zero-order valence-corrected chi connectivity index (χ0v) is 27.5. The third kappa shape index (κ3) is 4.70. The first-order chi connectivity index (χ1) is 23.8. The minimum Gasteiger partial charge on any atom is -0.508 e. The van der Waals surface area contributed by atoms with Gasteiger partial charge in [-0.2, -0.15) is 9.97 Å². The van der Waals surface area contributed by atoms with Crippen LogP contribution in [0.2, 0.25) is 0 Å². The highest BCUT2D eigenvalue weighted by atomic mass is 19.1. The van der Waals surface area contributed by atoms with Gasteiger partial charge in [0.1, 0.15) is 40.6 Å². The Balaban J connectivity index is 1.09. The summed E-state index contributed by atoms with van der Waals surface area (Å²) in [5, 5.41) is 26.0. The number of halogens is 2. The molecule has 12 heteroatoms. The Bertz CT molecular complexity index is 2030. The van der Waals surface area contributed by atoms with Gasteiger partial charge in [-0.05, 0) is 84.9 Å². The fourth-order valence-electron chi connectivity index (χ4n) is 9.46. The van der Waals surface area contributed by atoms with Gasteiger partial charge in [-0.3, -0.25) is 4.90 Å². The second-order valence-electron chi connectivity index (χ2n) is 15.3. The van der Waals surface area contributed by atoms with E-state index in [4.69, 9.17) is 24.4 Å². The number of aryl methyl sites for hydroxylation is 1. The van der Waals surface area contributed by atoms with Crippen molar-refractivity contribution in [2.24, 2.45) is 17.3 Å². The van der Waals surface area contributed by atoms with E-state index in [1.54, 1.807) is 12.1 Å². The average Bonchev–Trinajstić information content (AvgIpc) is 3.99. The summed E-state index contributed by atoms with van der Waals surface area (Å²) in [6.07, 6.45) is 5.67. The van der Waals surface area contributed by atoms with Crippen LogP contribution < -0.4 is 19.7 Å². The molecule has 3 saturated heterocycles. The van der Waals surface area contributed by atoms with E-state index in [1.807, 2.05) is 6.92 Å². The maximum absolute atomic E-state index is 17.2. The number of benzene rings is 2. The molecule has 2 bridgehead atoms. The number of phenolic OH excluding ortho intramolecular Hbond substituents is 1. The van der Waals surface area contributed by atoms with E-state index >= 15 is 8.78 Å². The predicted octanol–water partition coefficient (Wildman–Crippen LogP) is 4.56. The third-order valence-corrected chi connectivity index (χ3v) is 12.3. The molecule has 0 unspecified atom stereocenters. The smallest absolute Gasteiger partial charge is 0.319 e. The van der Waals surface area contributed by atoms with Crippen molar-refractivity contribution >= 4 is 27.5 Å². The number of piperazine rings is 1. The first-order valence-electron chi connectivity index (χ1n) is 17.8. The highest BCUT2D eigenvalue weighted by Gasteiger charge is 2.55. The molecule has 5 fully saturated rings. The Morgan fingerprint density at radius 3 is 2.80 bits per heavy atom. The number of fused-ring (bicyclic) bond motifs is 7. The number of nitrogens with one attached hydrogen (secondary N) is 1. The second kappa shape index (κ2) is 10.8. The van der Waals surface area contributed by atoms with Crippen molar-refractivity contribution in [2.45, 2.75) is 69.6 Å². The standard InChI is InChI=1S/C37H40F2N6O4/c1-2-22-25(38)5-3-18-9-21(47)11-24(29(18)22)32-31(39)33-30-34(45-13-20-4-6-26(40-20)28(45)15-48-35(30)41-32)43-36(42-33)49-17-37(7-8-37)16-44-12-19-10-23(19)27(44)14-46/h3,5,9,11,19-20,23,26-28,40,46-47H,2,4,6-8,10,12-17H2,1H3/t19-,20+,23-,26-,27+,28-/m1/s1. The van der Waals surface area contributed by atoms with Gasteiger partial charge in [-0.25, -0.2) is 13.8 Å². The number of aromatic hydroxyl groups is 1. The Morgan fingerprint density at radius 1 is 1.10 bits per heavy atom. The van der Waals surface area contributed by atoms with Gasteiger partial charge in [0.25, 0.3) is 0 Å². The van der Waals surface area contributed by atoms with Gasteiger partial charge in [0, 0.05) is 48.7 Å². The van der Waals surface area contributed by atoms with Crippen molar-refractivity contribution < 1.29 is 28.5 Å². The maximum Gasteiger partial charge on any atom is 0.319 e. The molecule has 0 spiro atoms. The first-order valence-corrected chi connectivity index (χ1v) is 17.8. The number of piperidine rings is 1. The topological polar surface area (TPSA) is 116 Å². The molecule has 10 rings (SSSR count). The number of likely N-dealkylation sites (tertiary alicyclic amines) is 1. The van der Waals surface area contributed by atoms with Crippen molar-refractivity contribution in [2.75, 3.05) is 44.4 Å². The highest BCUT2D eigenvalue weighted by molar-refractivity contribution is 6.03. The molecule has 10 nitrogen and oxygen atoms in total. The van der Waals surface area contributed by atoms with Crippen molar-refractivity contribution in [1.82, 2.24) is 25.2 Å². The molecule has 2 aromatic heterocycles. The van der Waals surface area contributed by atoms with Crippen molar-refractivity contribution in [3.8, 4) is 28.9 Å². The molecular formula is C37H40F2N6O4. The van der Waals surface area contributed by atoms with Crippen LogP contribution in [0.4, 0.5) is 14.6 Å². The number of anilines is 1. The van der Waals surface area contributed by atoms with Crippen LogP contribution in [0, 0.1) is 28.9 Å². The minimum absolute atomic E-state index is 0.0299. The fourth-order valence-corrected chi connectivity index (χ4v) is 9.46. The summed E-state index contributed by atoms with van der Waals surface area (Å²) < 4.78 is 45.1. The lowest BCUT2D eigenvalue weighted by Crippen LogP contribution is -2.60. The third-order valence-electron chi connectivity index (χ3n) is 12.3. The van der Waals surface area contributed by atoms with E-state index in [0.717, 1.165) is 38.8 Å². The van der Waals surface area contributed by atoms with Crippen LogP contribution in [0.15, 0.2) is 24.3 Å². The van der Waals surface area contributed by atoms with Gasteiger partial charge < -0.3 is 29.9 Å². The van der Waals surface area contributed by atoms with Crippen molar-refractivity contribution in [3.05, 3.63) is 41.5 Å². The number of aliphatic hydroxyl groups excluding tert-OH is 1. The van der Waals surface area contributed by atoms with Gasteiger partial charge >= 0.3 is 6.01 Å². The Kier molecular flexibility index (Phi) is 6.62. The number of phenols is 1.